The molecule has 0 saturated carbocycles. The summed E-state index contributed by atoms with van der Waals surface area (Å²) in [7, 11) is 0. The fraction of sp³-hybridized carbons (Fsp3) is 0. The summed E-state index contributed by atoms with van der Waals surface area (Å²) in [6, 6.07) is 22.4. The zero-order valence-electron chi connectivity index (χ0n) is 20.9. The van der Waals surface area contributed by atoms with Gasteiger partial charge in [0.05, 0.1) is 0 Å². The predicted octanol–water partition coefficient (Wildman–Crippen LogP) is 7.83. The van der Waals surface area contributed by atoms with E-state index in [9.17, 15) is 8.78 Å². The lowest BCUT2D eigenvalue weighted by Gasteiger charge is -2.01. The van der Waals surface area contributed by atoms with Crippen LogP contribution in [0.25, 0.3) is 65.9 Å². The van der Waals surface area contributed by atoms with Gasteiger partial charge in [0.15, 0.2) is 0 Å². The zero-order chi connectivity index (χ0) is 27.1. The fourth-order valence-electron chi connectivity index (χ4n) is 5.01. The van der Waals surface area contributed by atoms with Crippen molar-refractivity contribution in [1.82, 2.24) is 29.9 Å². The van der Waals surface area contributed by atoms with Crippen LogP contribution in [0.1, 0.15) is 0 Å². The normalized spacial score (nSPS) is 11.2. The van der Waals surface area contributed by atoms with Crippen LogP contribution in [0.15, 0.2) is 110 Å². The van der Waals surface area contributed by atoms with E-state index >= 15 is 0 Å². The van der Waals surface area contributed by atoms with Gasteiger partial charge in [-0.25, -0.2) is 9.97 Å². The van der Waals surface area contributed by atoms with Crippen LogP contribution in [0.4, 0.5) is 8.78 Å². The SMILES string of the molecule is Fc1cc(-c2ccc3c(c2)[nH]c2ccncc23)ccn1.[18F]c1cc(-c2ccc3c(c2)[nH]c2ccncc23)ccn1. The van der Waals surface area contributed by atoms with Crippen LogP contribution in [0.5, 0.6) is 0 Å². The van der Waals surface area contributed by atoms with Gasteiger partial charge in [-0.15, -0.1) is 0 Å². The van der Waals surface area contributed by atoms with E-state index in [2.05, 4.69) is 29.9 Å². The maximum Gasteiger partial charge on any atom is 0.213 e. The van der Waals surface area contributed by atoms with Crippen molar-refractivity contribution >= 4 is 43.6 Å². The quantitative estimate of drug-likeness (QED) is 0.225. The van der Waals surface area contributed by atoms with Crippen molar-refractivity contribution in [1.29, 1.82) is 0 Å². The van der Waals surface area contributed by atoms with E-state index in [0.29, 0.717) is 0 Å². The molecule has 6 heterocycles. The molecule has 6 nitrogen and oxygen atoms in total. The lowest BCUT2D eigenvalue weighted by molar-refractivity contribution is 0.584. The molecule has 6 aromatic heterocycles. The van der Waals surface area contributed by atoms with Gasteiger partial charge in [-0.3, -0.25) is 9.97 Å². The summed E-state index contributed by atoms with van der Waals surface area (Å²) < 4.78 is 26.4. The fourth-order valence-corrected chi connectivity index (χ4v) is 5.01. The van der Waals surface area contributed by atoms with E-state index in [4.69, 9.17) is 0 Å². The van der Waals surface area contributed by atoms with Gasteiger partial charge in [0.25, 0.3) is 0 Å². The Balaban J connectivity index is 0.000000132. The molecule has 0 saturated heterocycles. The molecule has 0 fully saturated rings. The van der Waals surface area contributed by atoms with Crippen molar-refractivity contribution in [3.8, 4) is 22.3 Å². The van der Waals surface area contributed by atoms with Gasteiger partial charge in [-0.05, 0) is 58.7 Å². The van der Waals surface area contributed by atoms with Crippen LogP contribution >= 0.6 is 0 Å². The minimum absolute atomic E-state index is 0.469. The first-order chi connectivity index (χ1) is 19.6. The van der Waals surface area contributed by atoms with Crippen molar-refractivity contribution in [2.75, 3.05) is 0 Å². The summed E-state index contributed by atoms with van der Waals surface area (Å²) in [5.74, 6) is -0.938. The van der Waals surface area contributed by atoms with Crippen molar-refractivity contribution in [2.24, 2.45) is 0 Å². The Hall–Kier alpha value is -5.50. The van der Waals surface area contributed by atoms with E-state index < -0.39 is 11.9 Å². The van der Waals surface area contributed by atoms with Crippen LogP contribution < -0.4 is 0 Å². The summed E-state index contributed by atoms with van der Waals surface area (Å²) in [5, 5.41) is 4.42. The second-order valence-corrected chi connectivity index (χ2v) is 9.35. The Labute approximate surface area is 226 Å². The molecule has 0 spiro atoms. The van der Waals surface area contributed by atoms with Crippen molar-refractivity contribution in [3.05, 3.63) is 122 Å². The van der Waals surface area contributed by atoms with Gasteiger partial charge >= 0.3 is 0 Å². The van der Waals surface area contributed by atoms with Gasteiger partial charge in [0.2, 0.25) is 11.9 Å². The van der Waals surface area contributed by atoms with Gasteiger partial charge in [0, 0.05) is 92.9 Å². The van der Waals surface area contributed by atoms with E-state index in [1.807, 2.05) is 60.9 Å². The summed E-state index contributed by atoms with van der Waals surface area (Å²) in [6.07, 6.45) is 10.2. The molecular weight excluding hydrogens is 505 g/mol. The van der Waals surface area contributed by atoms with Gasteiger partial charge in [0.1, 0.15) is 0 Å². The van der Waals surface area contributed by atoms with Crippen molar-refractivity contribution in [3.63, 3.8) is 0 Å². The number of hydrogen-bond acceptors (Lipinski definition) is 4. The van der Waals surface area contributed by atoms with E-state index in [1.54, 1.807) is 24.5 Å². The number of fused-ring (bicyclic) bond motifs is 6. The second kappa shape index (κ2) is 9.67. The maximum atomic E-state index is 13.2. The monoisotopic (exact) mass is 525 g/mol. The largest absolute Gasteiger partial charge is 0.354 e. The summed E-state index contributed by atoms with van der Waals surface area (Å²) in [5.41, 5.74) is 7.68. The molecule has 0 unspecified atom stereocenters. The summed E-state index contributed by atoms with van der Waals surface area (Å²) in [6.45, 7) is 0. The number of benzene rings is 2. The Morgan fingerprint density at radius 2 is 0.875 bits per heavy atom. The molecule has 8 aromatic rings. The highest BCUT2D eigenvalue weighted by Gasteiger charge is 2.08. The topological polar surface area (TPSA) is 83.1 Å². The Bertz CT molecular complexity index is 2010. The summed E-state index contributed by atoms with van der Waals surface area (Å²) in [4.78, 5) is 22.2. The lowest BCUT2D eigenvalue weighted by Crippen LogP contribution is -1.83. The number of H-pyrrole nitrogens is 2. The van der Waals surface area contributed by atoms with Crippen molar-refractivity contribution < 1.29 is 8.78 Å². The average molecular weight is 526 g/mol. The number of pyridine rings is 4. The molecule has 0 radical (unpaired) electrons. The van der Waals surface area contributed by atoms with Crippen LogP contribution in [0, 0.1) is 11.9 Å². The second-order valence-electron chi connectivity index (χ2n) is 9.35. The van der Waals surface area contributed by atoms with E-state index in [1.165, 1.54) is 24.5 Å². The molecule has 0 aliphatic carbocycles. The van der Waals surface area contributed by atoms with E-state index in [-0.39, 0.29) is 0 Å². The molecule has 0 aliphatic rings. The Kier molecular flexibility index (Phi) is 5.70. The molecular formula is C32H20F2N6. The number of halogens is 2. The van der Waals surface area contributed by atoms with Gasteiger partial charge < -0.3 is 9.97 Å². The molecule has 8 rings (SSSR count). The highest BCUT2D eigenvalue weighted by molar-refractivity contribution is 6.08. The Morgan fingerprint density at radius 1 is 0.425 bits per heavy atom. The number of hydrogen-bond donors (Lipinski definition) is 2. The minimum atomic E-state index is -0.469. The molecule has 2 aromatic carbocycles. The third-order valence-electron chi connectivity index (χ3n) is 6.92. The zero-order valence-corrected chi connectivity index (χ0v) is 20.9. The van der Waals surface area contributed by atoms with Crippen LogP contribution in [0.3, 0.4) is 0 Å². The van der Waals surface area contributed by atoms with E-state index in [0.717, 1.165) is 65.9 Å². The number of nitrogens with one attached hydrogen (secondary N) is 2. The van der Waals surface area contributed by atoms with Crippen LogP contribution in [0.2, 0.25) is 0 Å². The average Bonchev–Trinajstić information content (AvgIpc) is 3.55. The predicted molar refractivity (Wildman–Crippen MR) is 154 cm³/mol. The molecule has 2 N–H and O–H groups in total. The first kappa shape index (κ1) is 23.6. The number of aromatic nitrogens is 6. The first-order valence-electron chi connectivity index (χ1n) is 12.6. The molecule has 0 amide bonds. The standard InChI is InChI=1S/2C16H10FN3/c2*17-16-8-11(3-6-19-16)10-1-2-12-13-9-18-5-4-14(13)20-15(12)7-10/h2*1-9,20H/i17-1;. The third-order valence-corrected chi connectivity index (χ3v) is 6.92. The van der Waals surface area contributed by atoms with Crippen molar-refractivity contribution in [2.45, 2.75) is 0 Å². The Morgan fingerprint density at radius 3 is 1.32 bits per heavy atom. The highest BCUT2D eigenvalue weighted by atomic mass is 19.1. The molecule has 40 heavy (non-hydrogen) atoms. The lowest BCUT2D eigenvalue weighted by atomic mass is 10.0. The number of nitrogens with zero attached hydrogens (tertiary/aromatic N) is 4. The number of aromatic amines is 2. The first-order valence-corrected chi connectivity index (χ1v) is 12.6. The van der Waals surface area contributed by atoms with Crippen LogP contribution in [-0.4, -0.2) is 29.9 Å². The van der Waals surface area contributed by atoms with Gasteiger partial charge in [-0.1, -0.05) is 24.3 Å². The highest BCUT2D eigenvalue weighted by Crippen LogP contribution is 2.30. The summed E-state index contributed by atoms with van der Waals surface area (Å²) >= 11 is 0. The minimum Gasteiger partial charge on any atom is -0.354 e. The molecule has 0 bridgehead atoms. The third kappa shape index (κ3) is 4.31. The smallest absolute Gasteiger partial charge is 0.213 e. The molecule has 0 atom stereocenters. The van der Waals surface area contributed by atoms with Gasteiger partial charge in [-0.2, -0.15) is 8.78 Å². The number of rotatable bonds is 2. The molecule has 8 heteroatoms. The molecule has 192 valence electrons. The molecule has 0 aliphatic heterocycles. The van der Waals surface area contributed by atoms with Crippen LogP contribution in [-0.2, 0) is 0 Å². The maximum absolute atomic E-state index is 13.2.